The molecule has 0 aliphatic carbocycles. The van der Waals surface area contributed by atoms with Gasteiger partial charge in [-0.3, -0.25) is 9.79 Å². The summed E-state index contributed by atoms with van der Waals surface area (Å²) in [4.78, 5) is 43.0. The van der Waals surface area contributed by atoms with Crippen LogP contribution in [-0.4, -0.2) is 68.2 Å². The summed E-state index contributed by atoms with van der Waals surface area (Å²) in [5.74, 6) is 0.738. The van der Waals surface area contributed by atoms with Gasteiger partial charge in [-0.1, -0.05) is 49.3 Å². The normalized spacial score (nSPS) is 15.9. The standard InChI is InChI=1S/C25H32N2O7S4/c1-24(2,11-19(28)29)13-25(3,4)14-37-36-9-5-8-33-23(32)34-15-6-7-16-18(10-15)38-21(26-16)20-27-17(12-35-20)22(30)31/h6-7,10,17H,5,8-9,11-14H2,1-4H3,(H,28,29)(H,30,31). The third-order valence-corrected chi connectivity index (χ3v) is 10.5. The Kier molecular flexibility index (Phi) is 10.8. The van der Waals surface area contributed by atoms with Gasteiger partial charge in [-0.15, -0.1) is 23.1 Å². The second kappa shape index (κ2) is 13.4. The van der Waals surface area contributed by atoms with E-state index in [0.29, 0.717) is 28.0 Å². The highest BCUT2D eigenvalue weighted by Crippen LogP contribution is 2.40. The minimum atomic E-state index is -0.946. The van der Waals surface area contributed by atoms with Crippen LogP contribution in [0, 0.1) is 10.8 Å². The molecule has 1 aromatic heterocycles. The van der Waals surface area contributed by atoms with Gasteiger partial charge in [0.1, 0.15) is 15.8 Å². The van der Waals surface area contributed by atoms with Crippen LogP contribution >= 0.6 is 44.7 Å². The number of thioether (sulfide) groups is 1. The van der Waals surface area contributed by atoms with Crippen LogP contribution < -0.4 is 4.74 Å². The Bertz CT molecular complexity index is 1200. The van der Waals surface area contributed by atoms with Crippen molar-refractivity contribution in [1.29, 1.82) is 0 Å². The van der Waals surface area contributed by atoms with Gasteiger partial charge in [-0.2, -0.15) is 0 Å². The van der Waals surface area contributed by atoms with Gasteiger partial charge in [0.05, 0.1) is 23.2 Å². The molecule has 0 bridgehead atoms. The number of carbonyl (C=O) groups excluding carboxylic acids is 1. The van der Waals surface area contributed by atoms with Crippen molar-refractivity contribution in [2.24, 2.45) is 15.8 Å². The van der Waals surface area contributed by atoms with Crippen LogP contribution in [-0.2, 0) is 14.3 Å². The van der Waals surface area contributed by atoms with Gasteiger partial charge in [0.15, 0.2) is 6.04 Å². The van der Waals surface area contributed by atoms with E-state index < -0.39 is 24.1 Å². The molecule has 2 N–H and O–H groups in total. The van der Waals surface area contributed by atoms with Crippen molar-refractivity contribution in [3.05, 3.63) is 23.2 Å². The number of thiazole rings is 1. The minimum Gasteiger partial charge on any atom is -0.481 e. The van der Waals surface area contributed by atoms with Crippen molar-refractivity contribution >= 4 is 78.0 Å². The van der Waals surface area contributed by atoms with Crippen LogP contribution in [0.1, 0.15) is 52.0 Å². The molecule has 0 fully saturated rings. The highest BCUT2D eigenvalue weighted by atomic mass is 33.1. The van der Waals surface area contributed by atoms with E-state index >= 15 is 0 Å². The minimum absolute atomic E-state index is 0.0150. The largest absolute Gasteiger partial charge is 0.513 e. The maximum absolute atomic E-state index is 12.1. The van der Waals surface area contributed by atoms with E-state index in [1.54, 1.807) is 39.8 Å². The molecule has 1 unspecified atom stereocenters. The van der Waals surface area contributed by atoms with Gasteiger partial charge in [0.25, 0.3) is 0 Å². The molecule has 1 aromatic carbocycles. The number of aliphatic imine (C=N–C) groups is 1. The molecule has 2 heterocycles. The molecule has 1 aliphatic heterocycles. The number of benzene rings is 1. The SMILES string of the molecule is CC(C)(CSSCCCOC(=O)Oc1ccc2nc(C3=NC(C(=O)O)CS3)sc2c1)CC(C)(C)CC(=O)O. The molecule has 3 rings (SSSR count). The van der Waals surface area contributed by atoms with Crippen molar-refractivity contribution in [2.45, 2.75) is 53.0 Å². The van der Waals surface area contributed by atoms with E-state index in [0.717, 1.165) is 28.1 Å². The number of nitrogens with zero attached hydrogens (tertiary/aromatic N) is 2. The molecule has 9 nitrogen and oxygen atoms in total. The monoisotopic (exact) mass is 600 g/mol. The second-order valence-electron chi connectivity index (χ2n) is 10.5. The summed E-state index contributed by atoms with van der Waals surface area (Å²) in [5.41, 5.74) is 0.481. The first-order valence-electron chi connectivity index (χ1n) is 12.0. The lowest BCUT2D eigenvalue weighted by Gasteiger charge is -2.33. The molecule has 1 atom stereocenters. The number of ether oxygens (including phenoxy) is 2. The number of hydrogen-bond donors (Lipinski definition) is 2. The van der Waals surface area contributed by atoms with Crippen molar-refractivity contribution in [3.63, 3.8) is 0 Å². The highest BCUT2D eigenvalue weighted by molar-refractivity contribution is 8.76. The Labute approximate surface area is 238 Å². The number of hydrogen-bond acceptors (Lipinski definition) is 11. The Morgan fingerprint density at radius 2 is 1.89 bits per heavy atom. The van der Waals surface area contributed by atoms with Gasteiger partial charge in [0, 0.05) is 23.3 Å². The number of aliphatic carboxylic acids is 2. The van der Waals surface area contributed by atoms with Crippen LogP contribution in [0.4, 0.5) is 4.79 Å². The molecule has 38 heavy (non-hydrogen) atoms. The van der Waals surface area contributed by atoms with Crippen molar-refractivity contribution in [3.8, 4) is 5.75 Å². The number of fused-ring (bicyclic) bond motifs is 1. The van der Waals surface area contributed by atoms with Crippen LogP contribution in [0.25, 0.3) is 10.2 Å². The van der Waals surface area contributed by atoms with Crippen LogP contribution in [0.15, 0.2) is 23.2 Å². The molecule has 0 amide bonds. The first-order chi connectivity index (χ1) is 17.8. The van der Waals surface area contributed by atoms with E-state index in [1.807, 2.05) is 13.8 Å². The Morgan fingerprint density at radius 3 is 2.58 bits per heavy atom. The average Bonchev–Trinajstić information content (AvgIpc) is 3.43. The summed E-state index contributed by atoms with van der Waals surface area (Å²) >= 11 is 2.74. The lowest BCUT2D eigenvalue weighted by molar-refractivity contribution is -0.140. The molecule has 1 aliphatic rings. The quantitative estimate of drug-likeness (QED) is 0.107. The fourth-order valence-electron chi connectivity index (χ4n) is 4.15. The van der Waals surface area contributed by atoms with E-state index in [1.165, 1.54) is 23.1 Å². The summed E-state index contributed by atoms with van der Waals surface area (Å²) in [7, 11) is 3.46. The average molecular weight is 601 g/mol. The Hall–Kier alpha value is -1.96. The van der Waals surface area contributed by atoms with Crippen molar-refractivity contribution in [2.75, 3.05) is 23.9 Å². The lowest BCUT2D eigenvalue weighted by atomic mass is 9.74. The molecule has 2 aromatic rings. The molecule has 0 radical (unpaired) electrons. The van der Waals surface area contributed by atoms with Gasteiger partial charge in [0.2, 0.25) is 0 Å². The van der Waals surface area contributed by atoms with E-state index in [9.17, 15) is 14.4 Å². The molecule has 208 valence electrons. The smallest absolute Gasteiger partial charge is 0.481 e. The summed E-state index contributed by atoms with van der Waals surface area (Å²) in [6.45, 7) is 8.55. The van der Waals surface area contributed by atoms with Crippen LogP contribution in [0.5, 0.6) is 5.75 Å². The summed E-state index contributed by atoms with van der Waals surface area (Å²) < 4.78 is 11.3. The number of carboxylic acids is 2. The fraction of sp³-hybridized carbons (Fsp3) is 0.560. The number of rotatable bonds is 14. The fourth-order valence-corrected chi connectivity index (χ4v) is 9.02. The number of carboxylic acid groups (broad SMARTS) is 2. The van der Waals surface area contributed by atoms with E-state index in [-0.39, 0.29) is 23.9 Å². The lowest BCUT2D eigenvalue weighted by Crippen LogP contribution is -2.27. The maximum atomic E-state index is 12.1. The Morgan fingerprint density at radius 1 is 1.13 bits per heavy atom. The Balaban J connectivity index is 1.36. The third-order valence-electron chi connectivity index (χ3n) is 5.39. The predicted octanol–water partition coefficient (Wildman–Crippen LogP) is 6.45. The first kappa shape index (κ1) is 30.6. The molecule has 0 spiro atoms. The molecule has 0 saturated heterocycles. The third kappa shape index (κ3) is 9.65. The van der Waals surface area contributed by atoms with Crippen LogP contribution in [0.3, 0.4) is 0 Å². The second-order valence-corrected chi connectivity index (χ2v) is 15.1. The van der Waals surface area contributed by atoms with Crippen molar-refractivity contribution in [1.82, 2.24) is 4.98 Å². The van der Waals surface area contributed by atoms with Gasteiger partial charge in [-0.05, 0) is 35.8 Å². The molecular weight excluding hydrogens is 569 g/mol. The molecule has 0 saturated carbocycles. The number of aromatic nitrogens is 1. The summed E-state index contributed by atoms with van der Waals surface area (Å²) in [6.07, 6.45) is 0.896. The zero-order valence-corrected chi connectivity index (χ0v) is 25.0. The van der Waals surface area contributed by atoms with Gasteiger partial charge in [-0.25, -0.2) is 14.6 Å². The zero-order chi connectivity index (χ0) is 27.9. The van der Waals surface area contributed by atoms with Crippen LogP contribution in [0.2, 0.25) is 0 Å². The number of carbonyl (C=O) groups is 3. The maximum Gasteiger partial charge on any atom is 0.513 e. The first-order valence-corrected chi connectivity index (χ1v) is 16.3. The summed E-state index contributed by atoms with van der Waals surface area (Å²) in [6, 6.07) is 4.34. The van der Waals surface area contributed by atoms with Gasteiger partial charge < -0.3 is 19.7 Å². The molecular formula is C25H32N2O7S4. The van der Waals surface area contributed by atoms with E-state index in [2.05, 4.69) is 23.8 Å². The highest BCUT2D eigenvalue weighted by Gasteiger charge is 2.31. The predicted molar refractivity (Wildman–Crippen MR) is 156 cm³/mol. The van der Waals surface area contributed by atoms with E-state index in [4.69, 9.17) is 19.7 Å². The summed E-state index contributed by atoms with van der Waals surface area (Å²) in [5, 5.41) is 19.5. The van der Waals surface area contributed by atoms with Crippen molar-refractivity contribution < 1.29 is 34.1 Å². The van der Waals surface area contributed by atoms with Gasteiger partial charge >= 0.3 is 18.1 Å². The molecule has 13 heteroatoms. The zero-order valence-electron chi connectivity index (χ0n) is 21.7. The topological polar surface area (TPSA) is 135 Å².